The van der Waals surface area contributed by atoms with Crippen LogP contribution in [-0.4, -0.2) is 25.0 Å². The fraction of sp³-hybridized carbons (Fsp3) is 0.429. The van der Waals surface area contributed by atoms with Crippen LogP contribution in [0.4, 0.5) is 0 Å². The number of rotatable bonds is 5. The Kier molecular flexibility index (Phi) is 6.30. The summed E-state index contributed by atoms with van der Waals surface area (Å²) in [6.45, 7) is 3.91. The molecule has 0 aliphatic heterocycles. The number of hydrogen-bond acceptors (Lipinski definition) is 3. The van der Waals surface area contributed by atoms with Crippen molar-refractivity contribution < 1.29 is 14.3 Å². The van der Waals surface area contributed by atoms with E-state index in [2.05, 4.69) is 5.32 Å². The fourth-order valence-electron chi connectivity index (χ4n) is 1.75. The SMILES string of the molecule is COC(=O)C(CC(C)C)NC(=O)c1cc(Cl)cc(Cl)c1. The van der Waals surface area contributed by atoms with Gasteiger partial charge < -0.3 is 10.1 Å². The third-order valence-corrected chi connectivity index (χ3v) is 3.06. The van der Waals surface area contributed by atoms with E-state index in [-0.39, 0.29) is 5.92 Å². The van der Waals surface area contributed by atoms with Gasteiger partial charge in [-0.3, -0.25) is 4.79 Å². The highest BCUT2D eigenvalue weighted by molar-refractivity contribution is 6.35. The van der Waals surface area contributed by atoms with Gasteiger partial charge in [-0.05, 0) is 30.5 Å². The second-order valence-corrected chi connectivity index (χ2v) is 5.71. The molecule has 0 aromatic heterocycles. The first kappa shape index (κ1) is 16.8. The van der Waals surface area contributed by atoms with E-state index < -0.39 is 17.9 Å². The van der Waals surface area contributed by atoms with Crippen LogP contribution in [0.25, 0.3) is 0 Å². The van der Waals surface area contributed by atoms with Crippen LogP contribution in [0.15, 0.2) is 18.2 Å². The first-order chi connectivity index (χ1) is 9.33. The van der Waals surface area contributed by atoms with Gasteiger partial charge in [0.25, 0.3) is 5.91 Å². The van der Waals surface area contributed by atoms with Crippen LogP contribution >= 0.6 is 23.2 Å². The molecule has 0 aliphatic carbocycles. The number of halogens is 2. The van der Waals surface area contributed by atoms with Gasteiger partial charge in [-0.15, -0.1) is 0 Å². The normalized spacial score (nSPS) is 12.1. The number of esters is 1. The third kappa shape index (κ3) is 5.02. The highest BCUT2D eigenvalue weighted by Gasteiger charge is 2.23. The summed E-state index contributed by atoms with van der Waals surface area (Å²) >= 11 is 11.7. The summed E-state index contributed by atoms with van der Waals surface area (Å²) in [6, 6.07) is 3.83. The lowest BCUT2D eigenvalue weighted by Gasteiger charge is -2.18. The van der Waals surface area contributed by atoms with Crippen molar-refractivity contribution in [3.8, 4) is 0 Å². The first-order valence-electron chi connectivity index (χ1n) is 6.18. The maximum atomic E-state index is 12.1. The largest absolute Gasteiger partial charge is 0.467 e. The molecule has 1 aromatic carbocycles. The molecule has 20 heavy (non-hydrogen) atoms. The predicted octanol–water partition coefficient (Wildman–Crippen LogP) is 3.31. The Morgan fingerprint density at radius 3 is 2.20 bits per heavy atom. The molecule has 6 heteroatoms. The van der Waals surface area contributed by atoms with E-state index in [1.165, 1.54) is 25.3 Å². The Hall–Kier alpha value is -1.26. The number of carbonyl (C=O) groups is 2. The third-order valence-electron chi connectivity index (χ3n) is 2.62. The van der Waals surface area contributed by atoms with Gasteiger partial charge in [-0.25, -0.2) is 4.79 Å². The lowest BCUT2D eigenvalue weighted by Crippen LogP contribution is -2.42. The predicted molar refractivity (Wildman–Crippen MR) is 79.2 cm³/mol. The monoisotopic (exact) mass is 317 g/mol. The number of carbonyl (C=O) groups excluding carboxylic acids is 2. The van der Waals surface area contributed by atoms with Gasteiger partial charge in [0.1, 0.15) is 6.04 Å². The van der Waals surface area contributed by atoms with Crippen LogP contribution < -0.4 is 5.32 Å². The van der Waals surface area contributed by atoms with E-state index in [1.54, 1.807) is 0 Å². The van der Waals surface area contributed by atoms with Gasteiger partial charge in [0.2, 0.25) is 0 Å². The molecule has 110 valence electrons. The van der Waals surface area contributed by atoms with E-state index >= 15 is 0 Å². The molecular weight excluding hydrogens is 301 g/mol. The zero-order valence-corrected chi connectivity index (χ0v) is 13.1. The van der Waals surface area contributed by atoms with Crippen molar-refractivity contribution in [1.29, 1.82) is 0 Å². The van der Waals surface area contributed by atoms with Crippen LogP contribution in [0.1, 0.15) is 30.6 Å². The molecule has 1 N–H and O–H groups in total. The molecule has 0 bridgehead atoms. The van der Waals surface area contributed by atoms with Crippen LogP contribution in [0.3, 0.4) is 0 Å². The van der Waals surface area contributed by atoms with Crippen LogP contribution in [0.5, 0.6) is 0 Å². The molecular formula is C14H17Cl2NO3. The highest BCUT2D eigenvalue weighted by Crippen LogP contribution is 2.19. The van der Waals surface area contributed by atoms with Crippen LogP contribution in [-0.2, 0) is 9.53 Å². The number of hydrogen-bond donors (Lipinski definition) is 1. The summed E-state index contributed by atoms with van der Waals surface area (Å²) in [5, 5.41) is 3.36. The lowest BCUT2D eigenvalue weighted by atomic mass is 10.0. The molecule has 0 saturated carbocycles. The Morgan fingerprint density at radius 2 is 1.75 bits per heavy atom. The van der Waals surface area contributed by atoms with Crippen molar-refractivity contribution in [1.82, 2.24) is 5.32 Å². The van der Waals surface area contributed by atoms with E-state index in [1.807, 2.05) is 13.8 Å². The summed E-state index contributed by atoms with van der Waals surface area (Å²) in [6.07, 6.45) is 0.493. The van der Waals surface area contributed by atoms with Gasteiger partial charge in [-0.2, -0.15) is 0 Å². The molecule has 1 aromatic rings. The quantitative estimate of drug-likeness (QED) is 0.848. The average molecular weight is 318 g/mol. The molecule has 1 atom stereocenters. The maximum Gasteiger partial charge on any atom is 0.328 e. The van der Waals surface area contributed by atoms with Gasteiger partial charge in [0, 0.05) is 15.6 Å². The molecule has 0 spiro atoms. The Bertz CT molecular complexity index is 483. The van der Waals surface area contributed by atoms with Crippen molar-refractivity contribution in [3.05, 3.63) is 33.8 Å². The Morgan fingerprint density at radius 1 is 1.20 bits per heavy atom. The Labute approximate surface area is 128 Å². The molecule has 1 amide bonds. The van der Waals surface area contributed by atoms with Gasteiger partial charge in [0.15, 0.2) is 0 Å². The smallest absolute Gasteiger partial charge is 0.328 e. The number of methoxy groups -OCH3 is 1. The fourth-order valence-corrected chi connectivity index (χ4v) is 2.28. The zero-order chi connectivity index (χ0) is 15.3. The average Bonchev–Trinajstić information content (AvgIpc) is 2.35. The number of amides is 1. The lowest BCUT2D eigenvalue weighted by molar-refractivity contribution is -0.143. The van der Waals surface area contributed by atoms with Crippen LogP contribution in [0, 0.1) is 5.92 Å². The van der Waals surface area contributed by atoms with E-state index in [9.17, 15) is 9.59 Å². The summed E-state index contributed by atoms with van der Waals surface area (Å²) < 4.78 is 4.69. The minimum atomic E-state index is -0.690. The minimum absolute atomic E-state index is 0.238. The molecule has 0 aliphatic rings. The Balaban J connectivity index is 2.87. The molecule has 1 rings (SSSR count). The summed E-state index contributed by atoms with van der Waals surface area (Å²) in [7, 11) is 1.29. The maximum absolute atomic E-state index is 12.1. The van der Waals surface area contributed by atoms with Crippen molar-refractivity contribution in [2.24, 2.45) is 5.92 Å². The first-order valence-corrected chi connectivity index (χ1v) is 6.94. The summed E-state index contributed by atoms with van der Waals surface area (Å²) in [5.41, 5.74) is 0.306. The molecule has 4 nitrogen and oxygen atoms in total. The van der Waals surface area contributed by atoms with Gasteiger partial charge in [-0.1, -0.05) is 37.0 Å². The van der Waals surface area contributed by atoms with Crippen molar-refractivity contribution in [2.45, 2.75) is 26.3 Å². The summed E-state index contributed by atoms with van der Waals surface area (Å²) in [5.74, 6) is -0.645. The molecule has 0 heterocycles. The van der Waals surface area contributed by atoms with Crippen LogP contribution in [0.2, 0.25) is 10.0 Å². The van der Waals surface area contributed by atoms with E-state index in [4.69, 9.17) is 27.9 Å². The van der Waals surface area contributed by atoms with Gasteiger partial charge in [0.05, 0.1) is 7.11 Å². The topological polar surface area (TPSA) is 55.4 Å². The molecule has 1 unspecified atom stereocenters. The number of benzene rings is 1. The van der Waals surface area contributed by atoms with Crippen molar-refractivity contribution in [2.75, 3.05) is 7.11 Å². The minimum Gasteiger partial charge on any atom is -0.467 e. The zero-order valence-electron chi connectivity index (χ0n) is 11.6. The summed E-state index contributed by atoms with van der Waals surface area (Å²) in [4.78, 5) is 23.8. The number of nitrogens with one attached hydrogen (secondary N) is 1. The standard InChI is InChI=1S/C14H17Cl2NO3/c1-8(2)4-12(14(19)20-3)17-13(18)9-5-10(15)7-11(16)6-9/h5-8,12H,4H2,1-3H3,(H,17,18). The number of ether oxygens (including phenoxy) is 1. The second kappa shape index (κ2) is 7.50. The van der Waals surface area contributed by atoms with Gasteiger partial charge >= 0.3 is 5.97 Å². The molecule has 0 fully saturated rings. The van der Waals surface area contributed by atoms with E-state index in [0.29, 0.717) is 22.0 Å². The molecule has 0 saturated heterocycles. The second-order valence-electron chi connectivity index (χ2n) is 4.84. The van der Waals surface area contributed by atoms with Crippen molar-refractivity contribution >= 4 is 35.1 Å². The molecule has 0 radical (unpaired) electrons. The van der Waals surface area contributed by atoms with E-state index in [0.717, 1.165) is 0 Å². The highest BCUT2D eigenvalue weighted by atomic mass is 35.5. The van der Waals surface area contributed by atoms with Crippen molar-refractivity contribution in [3.63, 3.8) is 0 Å².